The van der Waals surface area contributed by atoms with E-state index in [1.54, 1.807) is 38.1 Å². The second kappa shape index (κ2) is 13.7. The molecule has 8 nitrogen and oxygen atoms in total. The largest absolute Gasteiger partial charge is 0.492 e. The molecule has 0 aliphatic carbocycles. The fraction of sp³-hybridized carbons (Fsp3) is 0.333. The number of aryl methyl sites for hydroxylation is 1. The highest BCUT2D eigenvalue weighted by molar-refractivity contribution is 7.92. The first kappa shape index (κ1) is 31.0. The monoisotopic (exact) mass is 585 g/mol. The summed E-state index contributed by atoms with van der Waals surface area (Å²) in [5.41, 5.74) is 2.03. The molecule has 0 fully saturated rings. The maximum Gasteiger partial charge on any atom is 0.264 e. The minimum absolute atomic E-state index is 0.0353. The summed E-state index contributed by atoms with van der Waals surface area (Å²) in [5, 5.41) is 3.23. The van der Waals surface area contributed by atoms with E-state index in [1.165, 1.54) is 29.2 Å². The Balaban J connectivity index is 2.09. The summed E-state index contributed by atoms with van der Waals surface area (Å²) in [6, 6.07) is 19.0. The molecular weight excluding hydrogens is 550 g/mol. The predicted octanol–water partition coefficient (Wildman–Crippen LogP) is 5.18. The Hall–Kier alpha value is -3.56. The number of hydrogen-bond acceptors (Lipinski definition) is 5. The van der Waals surface area contributed by atoms with Gasteiger partial charge in [0.25, 0.3) is 10.0 Å². The highest BCUT2D eigenvalue weighted by Gasteiger charge is 2.34. The van der Waals surface area contributed by atoms with Gasteiger partial charge in [-0.25, -0.2) is 8.42 Å². The summed E-state index contributed by atoms with van der Waals surface area (Å²) in [6.07, 6.45) is 0. The van der Waals surface area contributed by atoms with Gasteiger partial charge in [0, 0.05) is 17.6 Å². The van der Waals surface area contributed by atoms with Crippen LogP contribution in [-0.4, -0.2) is 50.4 Å². The molecule has 0 heterocycles. The Morgan fingerprint density at radius 1 is 0.975 bits per heavy atom. The van der Waals surface area contributed by atoms with E-state index in [1.807, 2.05) is 45.0 Å². The van der Waals surface area contributed by atoms with Crippen molar-refractivity contribution in [3.63, 3.8) is 0 Å². The van der Waals surface area contributed by atoms with E-state index in [2.05, 4.69) is 5.32 Å². The third-order valence-corrected chi connectivity index (χ3v) is 8.17. The van der Waals surface area contributed by atoms with E-state index in [-0.39, 0.29) is 29.1 Å². The molecule has 214 valence electrons. The van der Waals surface area contributed by atoms with Crippen molar-refractivity contribution in [3.8, 4) is 5.75 Å². The maximum absolute atomic E-state index is 14.0. The summed E-state index contributed by atoms with van der Waals surface area (Å²) in [6.45, 7) is 8.90. The maximum atomic E-state index is 14.0. The molecule has 1 atom stereocenters. The molecule has 0 saturated carbocycles. The van der Waals surface area contributed by atoms with E-state index in [0.29, 0.717) is 17.4 Å². The smallest absolute Gasteiger partial charge is 0.264 e. The van der Waals surface area contributed by atoms with Crippen molar-refractivity contribution in [3.05, 3.63) is 88.9 Å². The second-order valence-corrected chi connectivity index (χ2v) is 12.0. The molecule has 1 N–H and O–H groups in total. The SMILES string of the molecule is CCOc1ccccc1N(CC(=O)N(Cc1cccc(C)c1)[C@H](C)C(=O)NC(C)C)S(=O)(=O)c1ccc(Cl)cc1. The van der Waals surface area contributed by atoms with Crippen LogP contribution in [-0.2, 0) is 26.2 Å². The molecule has 0 saturated heterocycles. The van der Waals surface area contributed by atoms with Gasteiger partial charge in [0.05, 0.1) is 17.2 Å². The molecule has 0 aromatic heterocycles. The van der Waals surface area contributed by atoms with Crippen molar-refractivity contribution >= 4 is 39.1 Å². The van der Waals surface area contributed by atoms with E-state index in [4.69, 9.17) is 16.3 Å². The van der Waals surface area contributed by atoms with Gasteiger partial charge in [-0.1, -0.05) is 53.6 Å². The third-order valence-electron chi connectivity index (χ3n) is 6.15. The molecule has 0 spiro atoms. The number of nitrogens with zero attached hydrogens (tertiary/aromatic N) is 2. The van der Waals surface area contributed by atoms with Crippen molar-refractivity contribution in [2.45, 2.75) is 58.1 Å². The molecule has 0 radical (unpaired) electrons. The molecule has 3 aromatic rings. The first-order valence-corrected chi connectivity index (χ1v) is 14.9. The number of benzene rings is 3. The molecule has 0 unspecified atom stereocenters. The van der Waals surface area contributed by atoms with Gasteiger partial charge in [-0.15, -0.1) is 0 Å². The average molecular weight is 586 g/mol. The molecule has 40 heavy (non-hydrogen) atoms. The number of amides is 2. The Bertz CT molecular complexity index is 1430. The molecule has 0 aliphatic heterocycles. The predicted molar refractivity (Wildman–Crippen MR) is 158 cm³/mol. The molecule has 0 bridgehead atoms. The van der Waals surface area contributed by atoms with Crippen molar-refractivity contribution in [2.24, 2.45) is 0 Å². The lowest BCUT2D eigenvalue weighted by atomic mass is 10.1. The number of anilines is 1. The molecule has 3 rings (SSSR count). The minimum atomic E-state index is -4.24. The third kappa shape index (κ3) is 7.76. The molecule has 2 amide bonds. The van der Waals surface area contributed by atoms with Crippen LogP contribution in [0.3, 0.4) is 0 Å². The first-order valence-electron chi connectivity index (χ1n) is 13.1. The van der Waals surface area contributed by atoms with Crippen LogP contribution in [0.1, 0.15) is 38.8 Å². The Labute approximate surface area is 241 Å². The van der Waals surface area contributed by atoms with Crippen LogP contribution in [0, 0.1) is 6.92 Å². The number of rotatable bonds is 12. The van der Waals surface area contributed by atoms with Gasteiger partial charge >= 0.3 is 0 Å². The molecular formula is C30H36ClN3O5S. The van der Waals surface area contributed by atoms with Crippen LogP contribution < -0.4 is 14.4 Å². The number of para-hydroxylation sites is 2. The quantitative estimate of drug-likeness (QED) is 0.316. The molecule has 3 aromatic carbocycles. The van der Waals surface area contributed by atoms with Crippen molar-refractivity contribution in [1.29, 1.82) is 0 Å². The zero-order valence-corrected chi connectivity index (χ0v) is 25.0. The van der Waals surface area contributed by atoms with Crippen LogP contribution in [0.2, 0.25) is 5.02 Å². The number of carbonyl (C=O) groups is 2. The lowest BCUT2D eigenvalue weighted by molar-refractivity contribution is -0.139. The fourth-order valence-corrected chi connectivity index (χ4v) is 5.73. The summed E-state index contributed by atoms with van der Waals surface area (Å²) >= 11 is 6.01. The van der Waals surface area contributed by atoms with Gasteiger partial charge in [-0.2, -0.15) is 0 Å². The van der Waals surface area contributed by atoms with Gasteiger partial charge in [-0.05, 0) is 76.6 Å². The van der Waals surface area contributed by atoms with Gasteiger partial charge < -0.3 is 15.0 Å². The average Bonchev–Trinajstić information content (AvgIpc) is 2.90. The molecule has 10 heteroatoms. The number of nitrogens with one attached hydrogen (secondary N) is 1. The molecule has 0 aliphatic rings. The summed E-state index contributed by atoms with van der Waals surface area (Å²) in [7, 11) is -4.24. The van der Waals surface area contributed by atoms with Crippen molar-refractivity contribution in [2.75, 3.05) is 17.5 Å². The number of ether oxygens (including phenoxy) is 1. The van der Waals surface area contributed by atoms with Crippen LogP contribution >= 0.6 is 11.6 Å². The van der Waals surface area contributed by atoms with E-state index >= 15 is 0 Å². The van der Waals surface area contributed by atoms with Gasteiger partial charge in [0.15, 0.2) is 0 Å². The summed E-state index contributed by atoms with van der Waals surface area (Å²) in [5.74, 6) is -0.569. The first-order chi connectivity index (χ1) is 18.9. The Kier molecular flexibility index (Phi) is 10.6. The van der Waals surface area contributed by atoms with Crippen molar-refractivity contribution < 1.29 is 22.7 Å². The topological polar surface area (TPSA) is 96.0 Å². The van der Waals surface area contributed by atoms with Crippen LogP contribution in [0.25, 0.3) is 0 Å². The Morgan fingerprint density at radius 3 is 2.27 bits per heavy atom. The lowest BCUT2D eigenvalue weighted by Gasteiger charge is -2.32. The number of sulfonamides is 1. The zero-order valence-electron chi connectivity index (χ0n) is 23.4. The highest BCUT2D eigenvalue weighted by Crippen LogP contribution is 2.33. The highest BCUT2D eigenvalue weighted by atomic mass is 35.5. The lowest BCUT2D eigenvalue weighted by Crippen LogP contribution is -2.52. The van der Waals surface area contributed by atoms with E-state index in [0.717, 1.165) is 15.4 Å². The normalized spacial score (nSPS) is 12.1. The Morgan fingerprint density at radius 2 is 1.65 bits per heavy atom. The van der Waals surface area contributed by atoms with Crippen LogP contribution in [0.5, 0.6) is 5.75 Å². The zero-order chi connectivity index (χ0) is 29.4. The van der Waals surface area contributed by atoms with Gasteiger partial charge in [-0.3, -0.25) is 13.9 Å². The second-order valence-electron chi connectivity index (χ2n) is 9.72. The minimum Gasteiger partial charge on any atom is -0.492 e. The van der Waals surface area contributed by atoms with Crippen molar-refractivity contribution in [1.82, 2.24) is 10.2 Å². The standard InChI is InChI=1S/C30H36ClN3O5S/c1-6-39-28-13-8-7-12-27(28)34(40(37,38)26-16-14-25(31)15-17-26)20-29(35)33(23(5)30(36)32-21(2)3)19-24-11-9-10-22(4)18-24/h7-18,21,23H,6,19-20H2,1-5H3,(H,32,36)/t23-/m1/s1. The number of halogens is 1. The van der Waals surface area contributed by atoms with E-state index in [9.17, 15) is 18.0 Å². The summed E-state index contributed by atoms with van der Waals surface area (Å²) in [4.78, 5) is 28.4. The summed E-state index contributed by atoms with van der Waals surface area (Å²) < 4.78 is 34.7. The van der Waals surface area contributed by atoms with Crippen LogP contribution in [0.4, 0.5) is 5.69 Å². The van der Waals surface area contributed by atoms with Gasteiger partial charge in [0.1, 0.15) is 18.3 Å². The fourth-order valence-electron chi connectivity index (χ4n) is 4.18. The van der Waals surface area contributed by atoms with E-state index < -0.39 is 28.5 Å². The number of hydrogen-bond donors (Lipinski definition) is 1. The number of carbonyl (C=O) groups excluding carboxylic acids is 2. The van der Waals surface area contributed by atoms with Crippen LogP contribution in [0.15, 0.2) is 77.7 Å². The van der Waals surface area contributed by atoms with Gasteiger partial charge in [0.2, 0.25) is 11.8 Å².